The first-order valence-corrected chi connectivity index (χ1v) is 6.55. The van der Waals surface area contributed by atoms with Crippen LogP contribution in [0.15, 0.2) is 16.5 Å². The summed E-state index contributed by atoms with van der Waals surface area (Å²) in [5.41, 5.74) is 0.102. The van der Waals surface area contributed by atoms with E-state index < -0.39 is 0 Å². The third kappa shape index (κ3) is 3.24. The average Bonchev–Trinajstić information content (AvgIpc) is 2.89. The van der Waals surface area contributed by atoms with Crippen molar-refractivity contribution in [1.82, 2.24) is 4.90 Å². The van der Waals surface area contributed by atoms with Gasteiger partial charge in [0.15, 0.2) is 5.22 Å². The maximum atomic E-state index is 9.56. The van der Waals surface area contributed by atoms with Gasteiger partial charge < -0.3 is 9.52 Å². The van der Waals surface area contributed by atoms with Crippen LogP contribution in [0.5, 0.6) is 0 Å². The van der Waals surface area contributed by atoms with E-state index in [-0.39, 0.29) is 12.0 Å². The molecule has 1 aromatic rings. The van der Waals surface area contributed by atoms with E-state index in [0.29, 0.717) is 5.22 Å². The number of furan rings is 1. The van der Waals surface area contributed by atoms with E-state index in [1.165, 1.54) is 12.8 Å². The third-order valence-electron chi connectivity index (χ3n) is 3.66. The molecule has 1 aromatic heterocycles. The van der Waals surface area contributed by atoms with Crippen LogP contribution in [0.1, 0.15) is 31.4 Å². The fourth-order valence-electron chi connectivity index (χ4n) is 2.82. The van der Waals surface area contributed by atoms with Crippen molar-refractivity contribution in [1.29, 1.82) is 0 Å². The fraction of sp³-hybridized carbons (Fsp3) is 0.692. The molecule has 0 bridgehead atoms. The molecule has 2 rings (SSSR count). The molecule has 1 fully saturated rings. The van der Waals surface area contributed by atoms with Crippen molar-refractivity contribution >= 4 is 11.6 Å². The van der Waals surface area contributed by atoms with Gasteiger partial charge in [0.1, 0.15) is 5.76 Å². The Morgan fingerprint density at radius 2 is 2.12 bits per heavy atom. The second kappa shape index (κ2) is 5.42. The number of hydrogen-bond donors (Lipinski definition) is 1. The van der Waals surface area contributed by atoms with Crippen molar-refractivity contribution in [3.63, 3.8) is 0 Å². The van der Waals surface area contributed by atoms with Crippen LogP contribution in [0.4, 0.5) is 0 Å². The van der Waals surface area contributed by atoms with Gasteiger partial charge in [-0.2, -0.15) is 0 Å². The highest BCUT2D eigenvalue weighted by molar-refractivity contribution is 6.28. The van der Waals surface area contributed by atoms with Gasteiger partial charge in [-0.1, -0.05) is 12.8 Å². The summed E-state index contributed by atoms with van der Waals surface area (Å²) in [6.45, 7) is 1.95. The summed E-state index contributed by atoms with van der Waals surface area (Å²) in [6.07, 6.45) is 4.74. The van der Waals surface area contributed by atoms with E-state index in [2.05, 4.69) is 11.9 Å². The quantitative estimate of drug-likeness (QED) is 0.881. The molecule has 0 amide bonds. The zero-order chi connectivity index (χ0) is 12.3. The predicted octanol–water partition coefficient (Wildman–Crippen LogP) is 2.92. The molecule has 1 aliphatic rings. The minimum Gasteiger partial charge on any atom is -0.448 e. The van der Waals surface area contributed by atoms with E-state index in [1.807, 2.05) is 6.07 Å². The minimum atomic E-state index is 0.102. The smallest absolute Gasteiger partial charge is 0.193 e. The van der Waals surface area contributed by atoms with Gasteiger partial charge in [-0.15, -0.1) is 0 Å². The molecule has 0 aliphatic heterocycles. The SMILES string of the molecule is CN(Cc1ccc(Cl)o1)CC1(CO)CCCC1. The second-order valence-corrected chi connectivity index (χ2v) is 5.62. The van der Waals surface area contributed by atoms with Crippen molar-refractivity contribution in [2.24, 2.45) is 5.41 Å². The van der Waals surface area contributed by atoms with E-state index >= 15 is 0 Å². The molecule has 0 spiro atoms. The summed E-state index contributed by atoms with van der Waals surface area (Å²) in [4.78, 5) is 2.21. The Hall–Kier alpha value is -0.510. The molecule has 96 valence electrons. The van der Waals surface area contributed by atoms with Crippen LogP contribution in [-0.4, -0.2) is 30.2 Å². The molecule has 0 radical (unpaired) electrons. The normalized spacial score (nSPS) is 19.1. The molecule has 0 unspecified atom stereocenters. The molecular weight excluding hydrogens is 238 g/mol. The molecule has 1 aliphatic carbocycles. The summed E-state index contributed by atoms with van der Waals surface area (Å²) in [5.74, 6) is 0.878. The first-order valence-electron chi connectivity index (χ1n) is 6.17. The molecule has 0 atom stereocenters. The average molecular weight is 258 g/mol. The van der Waals surface area contributed by atoms with Crippen LogP contribution in [-0.2, 0) is 6.54 Å². The number of nitrogens with zero attached hydrogens (tertiary/aromatic N) is 1. The van der Waals surface area contributed by atoms with Gasteiger partial charge in [-0.3, -0.25) is 4.90 Å². The molecule has 1 saturated carbocycles. The van der Waals surface area contributed by atoms with Gasteiger partial charge in [0.25, 0.3) is 0 Å². The van der Waals surface area contributed by atoms with Gasteiger partial charge in [-0.05, 0) is 43.6 Å². The number of aliphatic hydroxyl groups excluding tert-OH is 1. The second-order valence-electron chi connectivity index (χ2n) is 5.24. The minimum absolute atomic E-state index is 0.102. The molecule has 1 N–H and O–H groups in total. The lowest BCUT2D eigenvalue weighted by Crippen LogP contribution is -2.36. The Labute approximate surface area is 107 Å². The topological polar surface area (TPSA) is 36.6 Å². The number of aliphatic hydroxyl groups is 1. The van der Waals surface area contributed by atoms with Gasteiger partial charge >= 0.3 is 0 Å². The standard InChI is InChI=1S/C13H20ClNO2/c1-15(8-11-4-5-12(14)17-11)9-13(10-16)6-2-3-7-13/h4-5,16H,2-3,6-10H2,1H3. The zero-order valence-electron chi connectivity index (χ0n) is 10.3. The maximum absolute atomic E-state index is 9.56. The third-order valence-corrected chi connectivity index (χ3v) is 3.86. The highest BCUT2D eigenvalue weighted by Gasteiger charge is 2.34. The monoisotopic (exact) mass is 257 g/mol. The van der Waals surface area contributed by atoms with E-state index in [0.717, 1.165) is 31.7 Å². The Morgan fingerprint density at radius 3 is 2.65 bits per heavy atom. The van der Waals surface area contributed by atoms with Crippen LogP contribution in [0.3, 0.4) is 0 Å². The van der Waals surface area contributed by atoms with Crippen molar-refractivity contribution in [3.05, 3.63) is 23.1 Å². The number of rotatable bonds is 5. The lowest BCUT2D eigenvalue weighted by atomic mass is 9.87. The van der Waals surface area contributed by atoms with E-state index in [4.69, 9.17) is 16.0 Å². The summed E-state index contributed by atoms with van der Waals surface area (Å²) in [5, 5.41) is 10.0. The summed E-state index contributed by atoms with van der Waals surface area (Å²) < 4.78 is 5.35. The summed E-state index contributed by atoms with van der Waals surface area (Å²) in [6, 6.07) is 3.67. The first-order chi connectivity index (χ1) is 8.13. The van der Waals surface area contributed by atoms with Gasteiger partial charge in [0, 0.05) is 18.6 Å². The van der Waals surface area contributed by atoms with Gasteiger partial charge in [0.2, 0.25) is 0 Å². The highest BCUT2D eigenvalue weighted by Crippen LogP contribution is 2.38. The largest absolute Gasteiger partial charge is 0.448 e. The molecule has 0 saturated heterocycles. The number of hydrogen-bond acceptors (Lipinski definition) is 3. The summed E-state index contributed by atoms with van der Waals surface area (Å²) >= 11 is 5.74. The number of halogens is 1. The predicted molar refractivity (Wildman–Crippen MR) is 68.0 cm³/mol. The van der Waals surface area contributed by atoms with Crippen LogP contribution < -0.4 is 0 Å². The molecule has 3 nitrogen and oxygen atoms in total. The lowest BCUT2D eigenvalue weighted by molar-refractivity contribution is 0.0838. The maximum Gasteiger partial charge on any atom is 0.193 e. The van der Waals surface area contributed by atoms with E-state index in [1.54, 1.807) is 6.07 Å². The van der Waals surface area contributed by atoms with Gasteiger partial charge in [-0.25, -0.2) is 0 Å². The first kappa shape index (κ1) is 12.9. The molecule has 0 aromatic carbocycles. The molecule has 17 heavy (non-hydrogen) atoms. The Kier molecular flexibility index (Phi) is 4.13. The molecular formula is C13H20ClNO2. The Morgan fingerprint density at radius 1 is 1.41 bits per heavy atom. The van der Waals surface area contributed by atoms with Crippen molar-refractivity contribution in [2.45, 2.75) is 32.2 Å². The summed E-state index contributed by atoms with van der Waals surface area (Å²) in [7, 11) is 2.06. The van der Waals surface area contributed by atoms with Crippen LogP contribution >= 0.6 is 11.6 Å². The van der Waals surface area contributed by atoms with Crippen LogP contribution in [0.25, 0.3) is 0 Å². The van der Waals surface area contributed by atoms with Crippen molar-refractivity contribution in [3.8, 4) is 0 Å². The molecule has 4 heteroatoms. The zero-order valence-corrected chi connectivity index (χ0v) is 11.0. The Bertz CT molecular complexity index is 358. The van der Waals surface area contributed by atoms with Crippen molar-refractivity contribution in [2.75, 3.05) is 20.2 Å². The van der Waals surface area contributed by atoms with Crippen LogP contribution in [0, 0.1) is 5.41 Å². The van der Waals surface area contributed by atoms with Crippen molar-refractivity contribution < 1.29 is 9.52 Å². The van der Waals surface area contributed by atoms with Gasteiger partial charge in [0.05, 0.1) is 6.54 Å². The highest BCUT2D eigenvalue weighted by atomic mass is 35.5. The Balaban J connectivity index is 1.90. The lowest BCUT2D eigenvalue weighted by Gasteiger charge is -2.31. The molecule has 1 heterocycles. The van der Waals surface area contributed by atoms with Crippen LogP contribution in [0.2, 0.25) is 5.22 Å². The fourth-order valence-corrected chi connectivity index (χ4v) is 2.98. The van der Waals surface area contributed by atoms with E-state index in [9.17, 15) is 5.11 Å².